The molecule has 121 heavy (non-hydrogen) atoms. The third-order valence-electron chi connectivity index (χ3n) is 28.6. The van der Waals surface area contributed by atoms with Gasteiger partial charge < -0.3 is 10.2 Å². The van der Waals surface area contributed by atoms with Crippen LogP contribution in [0.5, 0.6) is 0 Å². The van der Waals surface area contributed by atoms with Crippen molar-refractivity contribution in [1.82, 2.24) is 0 Å². The van der Waals surface area contributed by atoms with Gasteiger partial charge in [-0.05, 0) is 233 Å². The van der Waals surface area contributed by atoms with Crippen LogP contribution in [-0.4, -0.2) is 0 Å². The van der Waals surface area contributed by atoms with Gasteiger partial charge in [0, 0.05) is 44.2 Å². The van der Waals surface area contributed by atoms with E-state index in [0.29, 0.717) is 0 Å². The molecule has 1 N–H and O–H groups in total. The van der Waals surface area contributed by atoms with Crippen molar-refractivity contribution >= 4 is 40.0 Å². The molecular formula is C118H83ClN2. The molecule has 8 aliphatic carbocycles. The van der Waals surface area contributed by atoms with Gasteiger partial charge in [0.2, 0.25) is 0 Å². The SMILES string of the molecule is CC1(C)c2ccccc2-c2ccc(N(c3ccccc3)c3cccc4c3C3(c5ccccc5-c5ccccc53)c3ccccc3C43c4ccccc4-c4ccccc43)cc21.CC1(C)c2ccccc2-c2ccc(Nc3ccccc3)cc21.Clc1cccc2c1C1(c3ccccc3-c3ccccc31)c1ccccc1C21c2ccccc2-c2ccccc21. The summed E-state index contributed by atoms with van der Waals surface area (Å²) >= 11 is 7.43. The van der Waals surface area contributed by atoms with Crippen LogP contribution in [0.2, 0.25) is 5.02 Å². The number of rotatable bonds is 5. The van der Waals surface area contributed by atoms with Gasteiger partial charge in [0.1, 0.15) is 0 Å². The molecule has 0 aliphatic heterocycles. The molecule has 0 fully saturated rings. The summed E-state index contributed by atoms with van der Waals surface area (Å²) in [5, 5.41) is 4.31. The van der Waals surface area contributed by atoms with Crippen LogP contribution in [0.15, 0.2) is 425 Å². The van der Waals surface area contributed by atoms with Gasteiger partial charge in [-0.2, -0.15) is 0 Å². The molecule has 26 rings (SSSR count). The molecule has 3 heteroatoms. The predicted octanol–water partition coefficient (Wildman–Crippen LogP) is 29.6. The predicted molar refractivity (Wildman–Crippen MR) is 500 cm³/mol. The normalized spacial score (nSPS) is 15.4. The van der Waals surface area contributed by atoms with Crippen molar-refractivity contribution in [2.75, 3.05) is 10.2 Å². The van der Waals surface area contributed by atoms with Crippen molar-refractivity contribution in [2.45, 2.75) is 60.2 Å². The van der Waals surface area contributed by atoms with E-state index in [9.17, 15) is 0 Å². The molecule has 8 aliphatic rings. The van der Waals surface area contributed by atoms with Crippen LogP contribution >= 0.6 is 11.6 Å². The Morgan fingerprint density at radius 1 is 0.190 bits per heavy atom. The average Bonchev–Trinajstić information content (AvgIpc) is 1.53. The van der Waals surface area contributed by atoms with Gasteiger partial charge in [-0.15, -0.1) is 0 Å². The molecule has 18 aromatic rings. The fourth-order valence-electron chi connectivity index (χ4n) is 24.0. The van der Waals surface area contributed by atoms with Crippen LogP contribution in [0.3, 0.4) is 0 Å². The van der Waals surface area contributed by atoms with Crippen molar-refractivity contribution < 1.29 is 0 Å². The molecular weight excluding hydrogens is 1480 g/mol. The lowest BCUT2D eigenvalue weighted by Crippen LogP contribution is -2.44. The Balaban J connectivity index is 0.000000116. The third-order valence-corrected chi connectivity index (χ3v) is 28.9. The molecule has 0 aromatic heterocycles. The minimum absolute atomic E-state index is 0.0559. The zero-order valence-corrected chi connectivity index (χ0v) is 68.5. The summed E-state index contributed by atoms with van der Waals surface area (Å²) in [5.74, 6) is 0. The Hall–Kier alpha value is -14.2. The molecule has 18 aromatic carbocycles. The van der Waals surface area contributed by atoms with Gasteiger partial charge >= 0.3 is 0 Å². The molecule has 0 saturated carbocycles. The molecule has 0 radical (unpaired) electrons. The first kappa shape index (κ1) is 71.0. The zero-order valence-electron chi connectivity index (χ0n) is 67.7. The number of para-hydroxylation sites is 2. The average molecular weight is 1560 g/mol. The highest BCUT2D eigenvalue weighted by molar-refractivity contribution is 6.32. The highest BCUT2D eigenvalue weighted by Crippen LogP contribution is 2.72. The lowest BCUT2D eigenvalue weighted by Gasteiger charge is -2.50. The number of nitrogens with one attached hydrogen (secondary N) is 1. The molecule has 0 atom stereocenters. The monoisotopic (exact) mass is 1560 g/mol. The van der Waals surface area contributed by atoms with E-state index < -0.39 is 21.7 Å². The second-order valence-corrected chi connectivity index (χ2v) is 35.2. The fraction of sp³-hybridized carbons (Fsp3) is 0.0847. The summed E-state index contributed by atoms with van der Waals surface area (Å²) in [6.07, 6.45) is 0. The van der Waals surface area contributed by atoms with E-state index in [2.05, 4.69) is 456 Å². The number of fused-ring (bicyclic) bond motifs is 38. The van der Waals surface area contributed by atoms with Crippen LogP contribution in [0.25, 0.3) is 66.8 Å². The van der Waals surface area contributed by atoms with E-state index in [-0.39, 0.29) is 10.8 Å². The van der Waals surface area contributed by atoms with E-state index in [1.807, 2.05) is 6.07 Å². The lowest BCUT2D eigenvalue weighted by atomic mass is 9.52. The maximum atomic E-state index is 7.43. The Morgan fingerprint density at radius 3 is 0.860 bits per heavy atom. The second kappa shape index (κ2) is 26.4. The van der Waals surface area contributed by atoms with Crippen molar-refractivity contribution in [3.8, 4) is 66.8 Å². The molecule has 2 nitrogen and oxygen atoms in total. The number of benzene rings is 18. The van der Waals surface area contributed by atoms with Crippen LogP contribution in [0.1, 0.15) is 139 Å². The van der Waals surface area contributed by atoms with E-state index in [4.69, 9.17) is 11.6 Å². The molecule has 0 unspecified atom stereocenters. The standard InChI is InChI=1S/C59H41N.C38H23Cl.C21H19N/c1-57(2)46-26-11-6-21-40(46)45-36-35-39(37-54(45)57)60(38-19-4-3-5-20-38)55-34-18-33-53-56(55)59(49-29-14-9-24-43(49)44-25-10-15-30-50(44)59)52-32-17-16-31-51(52)58(53)47-27-12-7-22-41(47)42-23-8-13-28-48(42)58;39-35-23-11-22-34-36(35)38(30-18-7-3-14-26(30)27-15-4-8-19-31(27)38)33-21-10-9-20-32(33)37(34)28-16-5-1-12-24(28)25-13-2-6-17-29(25)37;1-21(2)19-11-7-6-10-17(19)18-13-12-16(14-20(18)21)22-15-8-4-3-5-9-15/h3-37H,1-2H3;1-23H;3-14,22H,1-2H3. The van der Waals surface area contributed by atoms with Gasteiger partial charge in [-0.1, -0.05) is 403 Å². The Morgan fingerprint density at radius 2 is 0.463 bits per heavy atom. The van der Waals surface area contributed by atoms with Crippen LogP contribution in [0, 0.1) is 0 Å². The quantitative estimate of drug-likeness (QED) is 0.185. The summed E-state index contributed by atoms with van der Waals surface area (Å²) in [7, 11) is 0. The van der Waals surface area contributed by atoms with Crippen molar-refractivity contribution in [3.05, 3.63) is 541 Å². The zero-order chi connectivity index (χ0) is 80.7. The van der Waals surface area contributed by atoms with Gasteiger partial charge in [-0.3, -0.25) is 0 Å². The van der Waals surface area contributed by atoms with Gasteiger partial charge in [0.05, 0.1) is 27.3 Å². The summed E-state index contributed by atoms with van der Waals surface area (Å²) in [4.78, 5) is 2.57. The first-order valence-corrected chi connectivity index (χ1v) is 43.0. The summed E-state index contributed by atoms with van der Waals surface area (Å²) < 4.78 is 0. The largest absolute Gasteiger partial charge is 0.356 e. The van der Waals surface area contributed by atoms with E-state index in [1.54, 1.807) is 0 Å². The minimum Gasteiger partial charge on any atom is -0.356 e. The fourth-order valence-corrected chi connectivity index (χ4v) is 24.3. The molecule has 4 spiro atoms. The van der Waals surface area contributed by atoms with E-state index in [0.717, 1.165) is 27.8 Å². The van der Waals surface area contributed by atoms with Crippen molar-refractivity contribution in [3.63, 3.8) is 0 Å². The number of hydrogen-bond acceptors (Lipinski definition) is 2. The molecule has 572 valence electrons. The summed E-state index contributed by atoms with van der Waals surface area (Å²) in [6.45, 7) is 9.39. The highest BCUT2D eigenvalue weighted by atomic mass is 35.5. The van der Waals surface area contributed by atoms with Gasteiger partial charge in [-0.25, -0.2) is 0 Å². The summed E-state index contributed by atoms with van der Waals surface area (Å²) in [6, 6.07) is 158. The topological polar surface area (TPSA) is 15.3 Å². The molecule has 0 heterocycles. The molecule has 0 bridgehead atoms. The Bertz CT molecular complexity index is 7180. The Kier molecular flexibility index (Phi) is 15.5. The van der Waals surface area contributed by atoms with Crippen LogP contribution in [0.4, 0.5) is 28.4 Å². The van der Waals surface area contributed by atoms with Crippen molar-refractivity contribution in [1.29, 1.82) is 0 Å². The molecule has 0 saturated heterocycles. The Labute approximate surface area is 713 Å². The third kappa shape index (κ3) is 9.43. The van der Waals surface area contributed by atoms with Crippen LogP contribution in [-0.2, 0) is 32.5 Å². The lowest BCUT2D eigenvalue weighted by molar-refractivity contribution is 0.633. The second-order valence-electron chi connectivity index (χ2n) is 34.8. The van der Waals surface area contributed by atoms with Gasteiger partial charge in [0.15, 0.2) is 0 Å². The van der Waals surface area contributed by atoms with E-state index >= 15 is 0 Å². The first-order chi connectivity index (χ1) is 59.5. The number of halogens is 1. The number of hydrogen-bond donors (Lipinski definition) is 1. The van der Waals surface area contributed by atoms with Gasteiger partial charge in [0.25, 0.3) is 0 Å². The van der Waals surface area contributed by atoms with Crippen molar-refractivity contribution in [2.24, 2.45) is 0 Å². The minimum atomic E-state index is -0.618. The van der Waals surface area contributed by atoms with E-state index in [1.165, 1.54) is 184 Å². The number of nitrogens with zero attached hydrogens (tertiary/aromatic N) is 1. The highest BCUT2D eigenvalue weighted by Gasteiger charge is 2.62. The summed E-state index contributed by atoms with van der Waals surface area (Å²) in [5.41, 5.74) is 46.0. The van der Waals surface area contributed by atoms with Crippen LogP contribution < -0.4 is 10.2 Å². The maximum Gasteiger partial charge on any atom is 0.0740 e. The molecule has 0 amide bonds. The number of anilines is 5. The maximum absolute atomic E-state index is 7.43. The first-order valence-electron chi connectivity index (χ1n) is 42.6. The smallest absolute Gasteiger partial charge is 0.0740 e.